The van der Waals surface area contributed by atoms with Crippen molar-refractivity contribution in [3.63, 3.8) is 0 Å². The van der Waals surface area contributed by atoms with Gasteiger partial charge in [-0.1, -0.05) is 20.3 Å². The van der Waals surface area contributed by atoms with E-state index in [1.54, 1.807) is 0 Å². The molecule has 2 fully saturated rings. The van der Waals surface area contributed by atoms with Crippen molar-refractivity contribution in [1.82, 2.24) is 0 Å². The van der Waals surface area contributed by atoms with Crippen molar-refractivity contribution >= 4 is 0 Å². The van der Waals surface area contributed by atoms with Crippen LogP contribution in [-0.4, -0.2) is 12.2 Å². The van der Waals surface area contributed by atoms with Gasteiger partial charge in [0.25, 0.3) is 0 Å². The number of ether oxygens (including phenoxy) is 1. The summed E-state index contributed by atoms with van der Waals surface area (Å²) in [4.78, 5) is 0. The van der Waals surface area contributed by atoms with Gasteiger partial charge in [0, 0.05) is 6.61 Å². The minimum Gasteiger partial charge on any atom is -0.375 e. The van der Waals surface area contributed by atoms with Gasteiger partial charge >= 0.3 is 0 Å². The zero-order valence-electron chi connectivity index (χ0n) is 9.01. The summed E-state index contributed by atoms with van der Waals surface area (Å²) in [6.07, 6.45) is 8.12. The highest BCUT2D eigenvalue weighted by Gasteiger charge is 2.40. The molecule has 2 atom stereocenters. The van der Waals surface area contributed by atoms with Crippen molar-refractivity contribution in [2.45, 2.75) is 58.0 Å². The summed E-state index contributed by atoms with van der Waals surface area (Å²) in [5.74, 6) is 1.77. The monoisotopic (exact) mass is 182 g/mol. The Kier molecular flexibility index (Phi) is 2.64. The van der Waals surface area contributed by atoms with Crippen molar-refractivity contribution < 1.29 is 4.74 Å². The van der Waals surface area contributed by atoms with Crippen LogP contribution in [0, 0.1) is 11.8 Å². The Morgan fingerprint density at radius 3 is 2.62 bits per heavy atom. The SMILES string of the molecule is CC(C)C1CCCC2(CCCO2)C1. The van der Waals surface area contributed by atoms with Gasteiger partial charge in [-0.15, -0.1) is 0 Å². The van der Waals surface area contributed by atoms with E-state index in [1.807, 2.05) is 0 Å². The molecule has 0 aromatic heterocycles. The molecule has 1 heterocycles. The lowest BCUT2D eigenvalue weighted by Crippen LogP contribution is -2.36. The molecule has 1 heteroatoms. The first kappa shape index (κ1) is 9.51. The molecular weight excluding hydrogens is 160 g/mol. The summed E-state index contributed by atoms with van der Waals surface area (Å²) >= 11 is 0. The van der Waals surface area contributed by atoms with Gasteiger partial charge < -0.3 is 4.74 Å². The maximum Gasteiger partial charge on any atom is 0.0686 e. The van der Waals surface area contributed by atoms with Gasteiger partial charge in [0.05, 0.1) is 5.60 Å². The maximum atomic E-state index is 5.96. The summed E-state index contributed by atoms with van der Waals surface area (Å²) in [7, 11) is 0. The molecule has 2 aliphatic rings. The minimum atomic E-state index is 0.327. The Morgan fingerprint density at radius 2 is 2.00 bits per heavy atom. The summed E-state index contributed by atoms with van der Waals surface area (Å²) in [5.41, 5.74) is 0.327. The van der Waals surface area contributed by atoms with Crippen LogP contribution in [0.1, 0.15) is 52.4 Å². The fraction of sp³-hybridized carbons (Fsp3) is 1.00. The van der Waals surface area contributed by atoms with Crippen LogP contribution < -0.4 is 0 Å². The summed E-state index contributed by atoms with van der Waals surface area (Å²) in [6.45, 7) is 5.74. The molecule has 76 valence electrons. The highest BCUT2D eigenvalue weighted by atomic mass is 16.5. The molecule has 1 saturated carbocycles. The molecule has 0 amide bonds. The molecule has 1 nitrogen and oxygen atoms in total. The molecule has 2 unspecified atom stereocenters. The third-order valence-electron chi connectivity index (χ3n) is 3.97. The summed E-state index contributed by atoms with van der Waals surface area (Å²) in [6, 6.07) is 0. The fourth-order valence-electron chi connectivity index (χ4n) is 3.05. The predicted molar refractivity (Wildman–Crippen MR) is 54.7 cm³/mol. The molecule has 0 aromatic carbocycles. The molecule has 2 rings (SSSR count). The summed E-state index contributed by atoms with van der Waals surface area (Å²) in [5, 5.41) is 0. The van der Waals surface area contributed by atoms with E-state index in [0.717, 1.165) is 18.4 Å². The topological polar surface area (TPSA) is 9.23 Å². The van der Waals surface area contributed by atoms with Gasteiger partial charge in [0.15, 0.2) is 0 Å². The van der Waals surface area contributed by atoms with Crippen molar-refractivity contribution in [2.75, 3.05) is 6.61 Å². The Morgan fingerprint density at radius 1 is 1.23 bits per heavy atom. The number of rotatable bonds is 1. The lowest BCUT2D eigenvalue weighted by Gasteiger charge is -2.39. The van der Waals surface area contributed by atoms with Crippen molar-refractivity contribution in [3.05, 3.63) is 0 Å². The second-order valence-electron chi connectivity index (χ2n) is 5.24. The number of hydrogen-bond acceptors (Lipinski definition) is 1. The minimum absolute atomic E-state index is 0.327. The smallest absolute Gasteiger partial charge is 0.0686 e. The molecule has 13 heavy (non-hydrogen) atoms. The fourth-order valence-corrected chi connectivity index (χ4v) is 3.05. The average molecular weight is 182 g/mol. The van der Waals surface area contributed by atoms with Gasteiger partial charge in [0.2, 0.25) is 0 Å². The van der Waals surface area contributed by atoms with E-state index in [9.17, 15) is 0 Å². The van der Waals surface area contributed by atoms with Crippen LogP contribution in [0.25, 0.3) is 0 Å². The lowest BCUT2D eigenvalue weighted by molar-refractivity contribution is -0.0468. The Labute approximate surface area is 81.9 Å². The Balaban J connectivity index is 1.98. The van der Waals surface area contributed by atoms with E-state index in [-0.39, 0.29) is 0 Å². The quantitative estimate of drug-likeness (QED) is 0.604. The van der Waals surface area contributed by atoms with Crippen LogP contribution in [0.2, 0.25) is 0 Å². The molecule has 0 N–H and O–H groups in total. The van der Waals surface area contributed by atoms with Crippen molar-refractivity contribution in [1.29, 1.82) is 0 Å². The lowest BCUT2D eigenvalue weighted by atomic mass is 9.72. The number of hydrogen-bond donors (Lipinski definition) is 0. The molecule has 0 aromatic rings. The second-order valence-corrected chi connectivity index (χ2v) is 5.24. The van der Waals surface area contributed by atoms with Gasteiger partial charge in [0.1, 0.15) is 0 Å². The van der Waals surface area contributed by atoms with Gasteiger partial charge in [-0.2, -0.15) is 0 Å². The molecule has 1 saturated heterocycles. The van der Waals surface area contributed by atoms with Crippen LogP contribution in [-0.2, 0) is 4.74 Å². The summed E-state index contributed by atoms with van der Waals surface area (Å²) < 4.78 is 5.96. The van der Waals surface area contributed by atoms with Gasteiger partial charge in [-0.3, -0.25) is 0 Å². The van der Waals surface area contributed by atoms with E-state index >= 15 is 0 Å². The van der Waals surface area contributed by atoms with Crippen LogP contribution >= 0.6 is 0 Å². The van der Waals surface area contributed by atoms with Crippen LogP contribution in [0.5, 0.6) is 0 Å². The largest absolute Gasteiger partial charge is 0.375 e. The highest BCUT2D eigenvalue weighted by molar-refractivity contribution is 4.91. The highest BCUT2D eigenvalue weighted by Crippen LogP contribution is 2.43. The van der Waals surface area contributed by atoms with E-state index in [4.69, 9.17) is 4.74 Å². The van der Waals surface area contributed by atoms with Crippen LogP contribution in [0.4, 0.5) is 0 Å². The standard InChI is InChI=1S/C12H22O/c1-10(2)11-5-3-6-12(9-11)7-4-8-13-12/h10-11H,3-9H2,1-2H3. The van der Waals surface area contributed by atoms with E-state index in [2.05, 4.69) is 13.8 Å². The zero-order chi connectivity index (χ0) is 9.31. The molecule has 0 bridgehead atoms. The Bertz CT molecular complexity index is 168. The first-order valence-electron chi connectivity index (χ1n) is 5.86. The molecule has 0 radical (unpaired) electrons. The molecule has 1 aliphatic carbocycles. The van der Waals surface area contributed by atoms with E-state index in [1.165, 1.54) is 38.5 Å². The maximum absolute atomic E-state index is 5.96. The van der Waals surface area contributed by atoms with Crippen molar-refractivity contribution in [2.24, 2.45) is 11.8 Å². The molecular formula is C12H22O. The van der Waals surface area contributed by atoms with E-state index < -0.39 is 0 Å². The molecule has 1 spiro atoms. The first-order valence-corrected chi connectivity index (χ1v) is 5.86. The first-order chi connectivity index (χ1) is 6.22. The zero-order valence-corrected chi connectivity index (χ0v) is 9.01. The van der Waals surface area contributed by atoms with Gasteiger partial charge in [-0.25, -0.2) is 0 Å². The normalized spacial score (nSPS) is 40.4. The third kappa shape index (κ3) is 1.90. The second kappa shape index (κ2) is 3.61. The predicted octanol–water partition coefficient (Wildman–Crippen LogP) is 3.38. The average Bonchev–Trinajstić information content (AvgIpc) is 2.53. The van der Waals surface area contributed by atoms with Crippen LogP contribution in [0.3, 0.4) is 0 Å². The third-order valence-corrected chi connectivity index (χ3v) is 3.97. The van der Waals surface area contributed by atoms with E-state index in [0.29, 0.717) is 5.60 Å². The molecule has 1 aliphatic heterocycles. The van der Waals surface area contributed by atoms with Crippen LogP contribution in [0.15, 0.2) is 0 Å². The van der Waals surface area contributed by atoms with Crippen molar-refractivity contribution in [3.8, 4) is 0 Å². The van der Waals surface area contributed by atoms with Gasteiger partial charge in [-0.05, 0) is 43.9 Å². The Hall–Kier alpha value is -0.0400.